The molecule has 0 unspecified atom stereocenters. The van der Waals surface area contributed by atoms with Crippen molar-refractivity contribution in [2.75, 3.05) is 13.2 Å². The van der Waals surface area contributed by atoms with Crippen LogP contribution in [0, 0.1) is 11.3 Å². The Morgan fingerprint density at radius 2 is 1.55 bits per heavy atom. The van der Waals surface area contributed by atoms with E-state index in [1.54, 1.807) is 24.3 Å². The highest BCUT2D eigenvalue weighted by molar-refractivity contribution is 5.81. The molecule has 0 aliphatic heterocycles. The number of ether oxygens (including phenoxy) is 3. The average Bonchev–Trinajstić information content (AvgIpc) is 2.82. The molecule has 2 aromatic rings. The van der Waals surface area contributed by atoms with E-state index in [1.807, 2.05) is 30.3 Å². The molecule has 162 valence electrons. The van der Waals surface area contributed by atoms with Crippen LogP contribution in [0.2, 0.25) is 0 Å². The first kappa shape index (κ1) is 22.2. The molecule has 1 amide bonds. The van der Waals surface area contributed by atoms with Crippen molar-refractivity contribution in [1.82, 2.24) is 5.32 Å². The Bertz CT molecular complexity index is 900. The molecule has 1 fully saturated rings. The Hall–Kier alpha value is -3.53. The van der Waals surface area contributed by atoms with Crippen molar-refractivity contribution in [3.05, 3.63) is 60.2 Å². The van der Waals surface area contributed by atoms with E-state index >= 15 is 0 Å². The summed E-state index contributed by atoms with van der Waals surface area (Å²) in [6.45, 7) is -0.290. The molecule has 0 aromatic heterocycles. The summed E-state index contributed by atoms with van der Waals surface area (Å²) >= 11 is 0. The van der Waals surface area contributed by atoms with Gasteiger partial charge in [0, 0.05) is 0 Å². The summed E-state index contributed by atoms with van der Waals surface area (Å²) in [5, 5.41) is 12.1. The van der Waals surface area contributed by atoms with Crippen LogP contribution in [0.25, 0.3) is 0 Å². The Kier molecular flexibility index (Phi) is 7.88. The van der Waals surface area contributed by atoms with E-state index in [4.69, 9.17) is 14.2 Å². The van der Waals surface area contributed by atoms with E-state index < -0.39 is 24.0 Å². The van der Waals surface area contributed by atoms with Crippen molar-refractivity contribution < 1.29 is 23.8 Å². The Morgan fingerprint density at radius 1 is 0.903 bits per heavy atom. The van der Waals surface area contributed by atoms with Crippen molar-refractivity contribution in [3.8, 4) is 17.6 Å². The molecule has 7 nitrogen and oxygen atoms in total. The Balaban J connectivity index is 1.36. The van der Waals surface area contributed by atoms with Gasteiger partial charge in [0.2, 0.25) is 0 Å². The van der Waals surface area contributed by atoms with Crippen molar-refractivity contribution >= 4 is 11.9 Å². The van der Waals surface area contributed by atoms with Crippen LogP contribution < -0.4 is 14.8 Å². The normalized spacial score (nSPS) is 14.7. The average molecular weight is 422 g/mol. The number of nitrogens with one attached hydrogen (secondary N) is 1. The van der Waals surface area contributed by atoms with E-state index in [0.717, 1.165) is 24.8 Å². The lowest BCUT2D eigenvalue weighted by Gasteiger charge is -2.31. The van der Waals surface area contributed by atoms with E-state index in [9.17, 15) is 14.9 Å². The van der Waals surface area contributed by atoms with Gasteiger partial charge in [0.1, 0.15) is 23.6 Å². The van der Waals surface area contributed by atoms with Crippen molar-refractivity contribution in [3.63, 3.8) is 0 Å². The summed E-state index contributed by atoms with van der Waals surface area (Å²) in [6, 6.07) is 18.9. The fraction of sp³-hybridized carbons (Fsp3) is 0.375. The molecule has 0 atom stereocenters. The van der Waals surface area contributed by atoms with Crippen LogP contribution >= 0.6 is 0 Å². The molecule has 0 bridgehead atoms. The van der Waals surface area contributed by atoms with Gasteiger partial charge in [0.15, 0.2) is 13.2 Å². The number of hydrogen-bond donors (Lipinski definition) is 1. The molecule has 1 N–H and O–H groups in total. The highest BCUT2D eigenvalue weighted by Crippen LogP contribution is 2.27. The number of nitrogens with zero attached hydrogens (tertiary/aromatic N) is 1. The Labute approximate surface area is 181 Å². The highest BCUT2D eigenvalue weighted by Gasteiger charge is 2.33. The van der Waals surface area contributed by atoms with Crippen LogP contribution in [-0.4, -0.2) is 30.6 Å². The molecule has 0 spiro atoms. The summed E-state index contributed by atoms with van der Waals surface area (Å²) in [6.07, 6.45) is 4.11. The maximum atomic E-state index is 12.1. The van der Waals surface area contributed by atoms with Gasteiger partial charge in [-0.15, -0.1) is 0 Å². The number of carbonyl (C=O) groups is 2. The Morgan fingerprint density at radius 3 is 2.19 bits per heavy atom. The minimum absolute atomic E-state index is 0.319. The number of carbonyl (C=O) groups excluding carboxylic acids is 2. The lowest BCUT2D eigenvalue weighted by Crippen LogP contribution is -2.50. The van der Waals surface area contributed by atoms with Crippen molar-refractivity contribution in [2.45, 2.75) is 44.2 Å². The van der Waals surface area contributed by atoms with Gasteiger partial charge in [-0.3, -0.25) is 4.79 Å². The first-order valence-electron chi connectivity index (χ1n) is 10.4. The van der Waals surface area contributed by atoms with Crippen molar-refractivity contribution in [1.29, 1.82) is 5.26 Å². The van der Waals surface area contributed by atoms with Gasteiger partial charge in [-0.2, -0.15) is 5.26 Å². The molecular weight excluding hydrogens is 396 g/mol. The molecular formula is C24H26N2O5. The number of hydrogen-bond acceptors (Lipinski definition) is 6. The molecule has 0 radical (unpaired) electrons. The molecule has 7 heteroatoms. The monoisotopic (exact) mass is 422 g/mol. The summed E-state index contributed by atoms with van der Waals surface area (Å²) in [5.41, 5.74) is 0.224. The van der Waals surface area contributed by atoms with Gasteiger partial charge in [-0.1, -0.05) is 49.6 Å². The zero-order valence-electron chi connectivity index (χ0n) is 17.3. The summed E-state index contributed by atoms with van der Waals surface area (Å²) in [7, 11) is 0. The molecule has 3 rings (SSSR count). The molecule has 0 heterocycles. The quantitative estimate of drug-likeness (QED) is 0.621. The minimum Gasteiger partial charge on any atom is -0.489 e. The largest absolute Gasteiger partial charge is 0.489 e. The third-order valence-electron chi connectivity index (χ3n) is 5.09. The van der Waals surface area contributed by atoms with E-state index in [0.29, 0.717) is 30.9 Å². The number of amides is 1. The maximum Gasteiger partial charge on any atom is 0.344 e. The topological polar surface area (TPSA) is 97.7 Å². The van der Waals surface area contributed by atoms with Crippen LogP contribution in [0.4, 0.5) is 0 Å². The number of esters is 1. The number of nitriles is 1. The fourth-order valence-electron chi connectivity index (χ4n) is 3.43. The first-order valence-corrected chi connectivity index (χ1v) is 10.4. The molecule has 2 aromatic carbocycles. The zero-order valence-corrected chi connectivity index (χ0v) is 17.3. The highest BCUT2D eigenvalue weighted by atomic mass is 16.6. The number of benzene rings is 2. The molecule has 0 saturated heterocycles. The SMILES string of the molecule is N#CC1(NC(=O)COC(=O)COc2ccc(OCc3ccccc3)cc2)CCCCC1. The fourth-order valence-corrected chi connectivity index (χ4v) is 3.43. The van der Waals surface area contributed by atoms with Gasteiger partial charge in [0.25, 0.3) is 5.91 Å². The lowest BCUT2D eigenvalue weighted by molar-refractivity contribution is -0.150. The van der Waals surface area contributed by atoms with Crippen LogP contribution in [0.5, 0.6) is 11.5 Å². The van der Waals surface area contributed by atoms with E-state index in [2.05, 4.69) is 11.4 Å². The molecule has 1 aliphatic carbocycles. The zero-order chi connectivity index (χ0) is 21.9. The third-order valence-corrected chi connectivity index (χ3v) is 5.09. The predicted octanol–water partition coefficient (Wildman–Crippen LogP) is 3.53. The van der Waals surface area contributed by atoms with E-state index in [-0.39, 0.29) is 6.61 Å². The minimum atomic E-state index is -0.845. The third kappa shape index (κ3) is 7.03. The second kappa shape index (κ2) is 11.0. The first-order chi connectivity index (χ1) is 15.1. The van der Waals surface area contributed by atoms with E-state index in [1.165, 1.54) is 0 Å². The maximum absolute atomic E-state index is 12.1. The van der Waals surface area contributed by atoms with Gasteiger partial charge in [0.05, 0.1) is 6.07 Å². The number of rotatable bonds is 9. The summed E-state index contributed by atoms with van der Waals surface area (Å²) in [4.78, 5) is 23.9. The standard InChI is InChI=1S/C24H26N2O5/c25-18-24(13-5-2-6-14-24)26-22(27)16-31-23(28)17-30-21-11-9-20(10-12-21)29-15-19-7-3-1-4-8-19/h1,3-4,7-12H,2,5-6,13-17H2,(H,26,27). The second-order valence-corrected chi connectivity index (χ2v) is 7.50. The predicted molar refractivity (Wildman–Crippen MR) is 113 cm³/mol. The van der Waals surface area contributed by atoms with Gasteiger partial charge in [-0.25, -0.2) is 4.79 Å². The molecule has 1 saturated carbocycles. The van der Waals surface area contributed by atoms with Crippen LogP contribution in [0.1, 0.15) is 37.7 Å². The van der Waals surface area contributed by atoms with Crippen LogP contribution in [0.3, 0.4) is 0 Å². The second-order valence-electron chi connectivity index (χ2n) is 7.50. The summed E-state index contributed by atoms with van der Waals surface area (Å²) < 4.78 is 16.1. The van der Waals surface area contributed by atoms with Gasteiger partial charge < -0.3 is 19.5 Å². The van der Waals surface area contributed by atoms with Crippen LogP contribution in [0.15, 0.2) is 54.6 Å². The molecule has 1 aliphatic rings. The van der Waals surface area contributed by atoms with Gasteiger partial charge in [-0.05, 0) is 42.7 Å². The lowest BCUT2D eigenvalue weighted by atomic mass is 9.83. The molecule has 31 heavy (non-hydrogen) atoms. The van der Waals surface area contributed by atoms with Gasteiger partial charge >= 0.3 is 5.97 Å². The van der Waals surface area contributed by atoms with Crippen molar-refractivity contribution in [2.24, 2.45) is 0 Å². The smallest absolute Gasteiger partial charge is 0.344 e. The van der Waals surface area contributed by atoms with Crippen LogP contribution in [-0.2, 0) is 20.9 Å². The summed E-state index contributed by atoms with van der Waals surface area (Å²) in [5.74, 6) is 0.0367.